The van der Waals surface area contributed by atoms with E-state index in [0.29, 0.717) is 0 Å². The van der Waals surface area contributed by atoms with E-state index < -0.39 is 0 Å². The fraction of sp³-hybridized carbons (Fsp3) is 0.250. The van der Waals surface area contributed by atoms with Crippen LogP contribution in [0, 0.1) is 6.92 Å². The van der Waals surface area contributed by atoms with Gasteiger partial charge < -0.3 is 10.1 Å². The van der Waals surface area contributed by atoms with Gasteiger partial charge in [-0.15, -0.1) is 0 Å². The summed E-state index contributed by atoms with van der Waals surface area (Å²) in [5.41, 5.74) is 3.29. The summed E-state index contributed by atoms with van der Waals surface area (Å²) in [5.74, 6) is 0.833. The molecule has 0 radical (unpaired) electrons. The highest BCUT2D eigenvalue weighted by molar-refractivity contribution is 9.10. The van der Waals surface area contributed by atoms with Crippen molar-refractivity contribution < 1.29 is 4.74 Å². The topological polar surface area (TPSA) is 21.3 Å². The molecule has 1 unspecified atom stereocenters. The molecule has 0 aliphatic rings. The molecule has 0 aliphatic carbocycles. The van der Waals surface area contributed by atoms with Crippen molar-refractivity contribution in [3.63, 3.8) is 0 Å². The summed E-state index contributed by atoms with van der Waals surface area (Å²) in [6, 6.07) is 12.1. The van der Waals surface area contributed by atoms with Gasteiger partial charge in [0.25, 0.3) is 0 Å². The van der Waals surface area contributed by atoms with Crippen LogP contribution in [0.1, 0.15) is 24.1 Å². The van der Waals surface area contributed by atoms with Crippen LogP contribution in [0.25, 0.3) is 0 Å². The molecule has 0 saturated carbocycles. The SMILES string of the molecule is COc1ccc(C(C)Nc2cccc(Cl)c2C)cc1Br. The van der Waals surface area contributed by atoms with E-state index in [1.165, 1.54) is 5.56 Å². The number of halogens is 2. The van der Waals surface area contributed by atoms with Gasteiger partial charge in [0, 0.05) is 16.8 Å². The molecule has 0 spiro atoms. The smallest absolute Gasteiger partial charge is 0.133 e. The zero-order chi connectivity index (χ0) is 14.7. The minimum absolute atomic E-state index is 0.175. The molecule has 20 heavy (non-hydrogen) atoms. The molecule has 0 amide bonds. The molecule has 1 atom stereocenters. The van der Waals surface area contributed by atoms with E-state index in [2.05, 4.69) is 40.3 Å². The van der Waals surface area contributed by atoms with E-state index >= 15 is 0 Å². The highest BCUT2D eigenvalue weighted by Gasteiger charge is 2.10. The number of benzene rings is 2. The minimum Gasteiger partial charge on any atom is -0.496 e. The van der Waals surface area contributed by atoms with Crippen LogP contribution in [0.15, 0.2) is 40.9 Å². The Morgan fingerprint density at radius 3 is 2.65 bits per heavy atom. The lowest BCUT2D eigenvalue weighted by Crippen LogP contribution is -2.08. The van der Waals surface area contributed by atoms with Crippen LogP contribution < -0.4 is 10.1 Å². The number of nitrogens with one attached hydrogen (secondary N) is 1. The zero-order valence-electron chi connectivity index (χ0n) is 11.7. The third-order valence-electron chi connectivity index (χ3n) is 3.32. The summed E-state index contributed by atoms with van der Waals surface area (Å²) in [6.45, 7) is 4.13. The number of hydrogen-bond donors (Lipinski definition) is 1. The van der Waals surface area contributed by atoms with Crippen molar-refractivity contribution in [2.24, 2.45) is 0 Å². The largest absolute Gasteiger partial charge is 0.496 e. The predicted octanol–water partition coefficient (Wildman–Crippen LogP) is 5.59. The number of hydrogen-bond acceptors (Lipinski definition) is 2. The molecule has 106 valence electrons. The van der Waals surface area contributed by atoms with Gasteiger partial charge in [0.05, 0.1) is 11.6 Å². The quantitative estimate of drug-likeness (QED) is 0.772. The lowest BCUT2D eigenvalue weighted by molar-refractivity contribution is 0.412. The first-order valence-corrected chi connectivity index (χ1v) is 7.55. The molecule has 2 rings (SSSR count). The van der Waals surface area contributed by atoms with Crippen LogP contribution in [0.2, 0.25) is 5.02 Å². The van der Waals surface area contributed by atoms with Crippen molar-refractivity contribution in [3.05, 3.63) is 57.0 Å². The monoisotopic (exact) mass is 353 g/mol. The van der Waals surface area contributed by atoms with Crippen LogP contribution in [-0.4, -0.2) is 7.11 Å². The molecule has 0 aromatic heterocycles. The van der Waals surface area contributed by atoms with Gasteiger partial charge in [-0.2, -0.15) is 0 Å². The molecular weight excluding hydrogens is 338 g/mol. The molecular formula is C16H17BrClNO. The van der Waals surface area contributed by atoms with Crippen molar-refractivity contribution in [2.45, 2.75) is 19.9 Å². The molecule has 0 aliphatic heterocycles. The summed E-state index contributed by atoms with van der Waals surface area (Å²) in [5, 5.41) is 4.26. The van der Waals surface area contributed by atoms with Gasteiger partial charge in [0.15, 0.2) is 0 Å². The molecule has 0 saturated heterocycles. The maximum atomic E-state index is 6.14. The fourth-order valence-electron chi connectivity index (χ4n) is 2.03. The molecule has 0 fully saturated rings. The van der Waals surface area contributed by atoms with Gasteiger partial charge >= 0.3 is 0 Å². The normalized spacial score (nSPS) is 12.1. The fourth-order valence-corrected chi connectivity index (χ4v) is 2.77. The van der Waals surface area contributed by atoms with E-state index in [9.17, 15) is 0 Å². The Morgan fingerprint density at radius 2 is 2.00 bits per heavy atom. The van der Waals surface area contributed by atoms with Crippen molar-refractivity contribution in [1.29, 1.82) is 0 Å². The van der Waals surface area contributed by atoms with Gasteiger partial charge in [0.1, 0.15) is 5.75 Å². The van der Waals surface area contributed by atoms with E-state index in [1.807, 2.05) is 31.2 Å². The van der Waals surface area contributed by atoms with Crippen LogP contribution >= 0.6 is 27.5 Å². The number of anilines is 1. The van der Waals surface area contributed by atoms with E-state index in [-0.39, 0.29) is 6.04 Å². The first-order valence-electron chi connectivity index (χ1n) is 6.38. The Balaban J connectivity index is 2.21. The lowest BCUT2D eigenvalue weighted by Gasteiger charge is -2.18. The van der Waals surface area contributed by atoms with Gasteiger partial charge in [-0.3, -0.25) is 0 Å². The Morgan fingerprint density at radius 1 is 1.25 bits per heavy atom. The van der Waals surface area contributed by atoms with Gasteiger partial charge in [-0.05, 0) is 65.2 Å². The van der Waals surface area contributed by atoms with Crippen molar-refractivity contribution in [2.75, 3.05) is 12.4 Å². The standard InChI is InChI=1S/C16H17BrClNO/c1-10-14(18)5-4-6-15(10)19-11(2)12-7-8-16(20-3)13(17)9-12/h4-9,11,19H,1-3H3. The second kappa shape index (κ2) is 6.51. The second-order valence-corrected chi connectivity index (χ2v) is 5.93. The van der Waals surface area contributed by atoms with Crippen LogP contribution in [0.5, 0.6) is 5.75 Å². The highest BCUT2D eigenvalue weighted by Crippen LogP contribution is 2.31. The zero-order valence-corrected chi connectivity index (χ0v) is 14.0. The molecule has 0 heterocycles. The van der Waals surface area contributed by atoms with Gasteiger partial charge in [-0.1, -0.05) is 23.7 Å². The number of rotatable bonds is 4. The second-order valence-electron chi connectivity index (χ2n) is 4.67. The summed E-state index contributed by atoms with van der Waals surface area (Å²) in [6.07, 6.45) is 0. The molecule has 2 aromatic carbocycles. The maximum Gasteiger partial charge on any atom is 0.133 e. The molecule has 2 aromatic rings. The average Bonchev–Trinajstić information content (AvgIpc) is 2.43. The Bertz CT molecular complexity index is 615. The van der Waals surface area contributed by atoms with E-state index in [4.69, 9.17) is 16.3 Å². The Labute approximate surface area is 133 Å². The van der Waals surface area contributed by atoms with Crippen LogP contribution in [-0.2, 0) is 0 Å². The summed E-state index contributed by atoms with van der Waals surface area (Å²) in [4.78, 5) is 0. The van der Waals surface area contributed by atoms with Gasteiger partial charge in [-0.25, -0.2) is 0 Å². The maximum absolute atomic E-state index is 6.14. The Hall–Kier alpha value is -1.19. The molecule has 4 heteroatoms. The van der Waals surface area contributed by atoms with Crippen LogP contribution in [0.3, 0.4) is 0 Å². The van der Waals surface area contributed by atoms with E-state index in [0.717, 1.165) is 26.5 Å². The molecule has 0 bridgehead atoms. The molecule has 2 nitrogen and oxygen atoms in total. The summed E-state index contributed by atoms with van der Waals surface area (Å²) < 4.78 is 6.20. The van der Waals surface area contributed by atoms with Crippen LogP contribution in [0.4, 0.5) is 5.69 Å². The first-order chi connectivity index (χ1) is 9.52. The number of ether oxygens (including phenoxy) is 1. The summed E-state index contributed by atoms with van der Waals surface area (Å²) in [7, 11) is 1.66. The first kappa shape index (κ1) is 15.2. The van der Waals surface area contributed by atoms with Crippen molar-refractivity contribution >= 4 is 33.2 Å². The average molecular weight is 355 g/mol. The summed E-state index contributed by atoms with van der Waals surface area (Å²) >= 11 is 9.66. The van der Waals surface area contributed by atoms with Crippen molar-refractivity contribution in [1.82, 2.24) is 0 Å². The van der Waals surface area contributed by atoms with Gasteiger partial charge in [0.2, 0.25) is 0 Å². The minimum atomic E-state index is 0.175. The third kappa shape index (κ3) is 3.28. The lowest BCUT2D eigenvalue weighted by atomic mass is 10.1. The van der Waals surface area contributed by atoms with Crippen molar-refractivity contribution in [3.8, 4) is 5.75 Å². The Kier molecular flexibility index (Phi) is 4.95. The number of methoxy groups -OCH3 is 1. The predicted molar refractivity (Wildman–Crippen MR) is 88.9 cm³/mol. The molecule has 1 N–H and O–H groups in total. The highest BCUT2D eigenvalue weighted by atomic mass is 79.9. The van der Waals surface area contributed by atoms with E-state index in [1.54, 1.807) is 7.11 Å². The third-order valence-corrected chi connectivity index (χ3v) is 4.34.